The average molecular weight is 394 g/mol. The number of hydrogen-bond acceptors (Lipinski definition) is 6. The van der Waals surface area contributed by atoms with E-state index in [1.807, 2.05) is 42.6 Å². The van der Waals surface area contributed by atoms with Gasteiger partial charge in [0.15, 0.2) is 11.5 Å². The van der Waals surface area contributed by atoms with Gasteiger partial charge in [0.2, 0.25) is 5.95 Å². The minimum atomic E-state index is -0.330. The highest BCUT2D eigenvalue weighted by Crippen LogP contribution is 2.46. The van der Waals surface area contributed by atoms with Crippen LogP contribution >= 0.6 is 11.6 Å². The normalized spacial score (nSPS) is 15.0. The van der Waals surface area contributed by atoms with Crippen LogP contribution in [0.3, 0.4) is 0 Å². The zero-order chi connectivity index (χ0) is 19.4. The SMILES string of the molecule is COc1ccc(C2Nc3ccccc3-c3nc(N)nn4ccc2c34)c(Cl)c1O. The van der Waals surface area contributed by atoms with Crippen molar-refractivity contribution in [2.45, 2.75) is 6.04 Å². The third-order valence-electron chi connectivity index (χ3n) is 4.99. The molecule has 0 radical (unpaired) electrons. The van der Waals surface area contributed by atoms with Crippen LogP contribution < -0.4 is 15.8 Å². The zero-order valence-electron chi connectivity index (χ0n) is 14.8. The van der Waals surface area contributed by atoms with Crippen LogP contribution in [0.1, 0.15) is 17.2 Å². The Morgan fingerprint density at radius 3 is 2.82 bits per heavy atom. The number of ether oxygens (including phenoxy) is 1. The van der Waals surface area contributed by atoms with Gasteiger partial charge in [-0.3, -0.25) is 0 Å². The second-order valence-corrected chi connectivity index (χ2v) is 6.90. The Kier molecular flexibility index (Phi) is 3.60. The number of nitrogen functional groups attached to an aromatic ring is 1. The summed E-state index contributed by atoms with van der Waals surface area (Å²) in [6.45, 7) is 0. The standard InChI is InChI=1S/C20H16ClN5O2/c1-28-14-7-6-11(15(21)19(14)27)16-12-8-9-26-18(12)17(24-20(22)25-26)10-4-2-3-5-13(10)23-16/h2-9,16,23,27H,1H3,(H2,22,25). The number of anilines is 2. The molecule has 7 nitrogen and oxygen atoms in total. The van der Waals surface area contributed by atoms with Gasteiger partial charge in [0.05, 0.1) is 23.7 Å². The van der Waals surface area contributed by atoms with Crippen molar-refractivity contribution in [2.75, 3.05) is 18.2 Å². The van der Waals surface area contributed by atoms with Crippen LogP contribution in [0.5, 0.6) is 11.5 Å². The number of hydrogen-bond donors (Lipinski definition) is 3. The fraction of sp³-hybridized carbons (Fsp3) is 0.100. The summed E-state index contributed by atoms with van der Waals surface area (Å²) >= 11 is 6.52. The molecule has 1 aliphatic rings. The molecule has 0 amide bonds. The number of nitrogens with one attached hydrogen (secondary N) is 1. The van der Waals surface area contributed by atoms with Gasteiger partial charge < -0.3 is 20.9 Å². The Hall–Kier alpha value is -3.45. The summed E-state index contributed by atoms with van der Waals surface area (Å²) in [7, 11) is 1.49. The van der Waals surface area contributed by atoms with Crippen molar-refractivity contribution in [2.24, 2.45) is 0 Å². The summed E-state index contributed by atoms with van der Waals surface area (Å²) in [5.41, 5.74) is 11.0. The molecule has 0 fully saturated rings. The summed E-state index contributed by atoms with van der Waals surface area (Å²) in [6, 6.07) is 13.0. The van der Waals surface area contributed by atoms with E-state index in [0.29, 0.717) is 11.3 Å². The number of nitrogens with two attached hydrogens (primary N) is 1. The first-order chi connectivity index (χ1) is 13.6. The van der Waals surface area contributed by atoms with E-state index in [9.17, 15) is 5.11 Å². The van der Waals surface area contributed by atoms with E-state index in [-0.39, 0.29) is 22.8 Å². The number of aromatic nitrogens is 3. The van der Waals surface area contributed by atoms with Gasteiger partial charge in [0, 0.05) is 28.6 Å². The van der Waals surface area contributed by atoms with Crippen molar-refractivity contribution < 1.29 is 9.84 Å². The van der Waals surface area contributed by atoms with E-state index in [1.165, 1.54) is 7.11 Å². The fourth-order valence-corrected chi connectivity index (χ4v) is 4.00. The third-order valence-corrected chi connectivity index (χ3v) is 5.39. The molecule has 8 heteroatoms. The predicted molar refractivity (Wildman–Crippen MR) is 108 cm³/mol. The highest BCUT2D eigenvalue weighted by molar-refractivity contribution is 6.33. The van der Waals surface area contributed by atoms with E-state index in [2.05, 4.69) is 15.4 Å². The molecule has 0 aliphatic carbocycles. The topological polar surface area (TPSA) is 97.7 Å². The van der Waals surface area contributed by atoms with E-state index in [0.717, 1.165) is 28.0 Å². The largest absolute Gasteiger partial charge is 0.503 e. The lowest BCUT2D eigenvalue weighted by Gasteiger charge is -2.21. The third kappa shape index (κ3) is 2.30. The highest BCUT2D eigenvalue weighted by Gasteiger charge is 2.29. The number of phenols is 1. The molecular weight excluding hydrogens is 378 g/mol. The lowest BCUT2D eigenvalue weighted by molar-refractivity contribution is 0.373. The van der Waals surface area contributed by atoms with Crippen LogP contribution in [-0.4, -0.2) is 26.8 Å². The molecule has 5 rings (SSSR count). The van der Waals surface area contributed by atoms with Gasteiger partial charge in [-0.2, -0.15) is 0 Å². The second-order valence-electron chi connectivity index (χ2n) is 6.53. The van der Waals surface area contributed by atoms with Crippen LogP contribution in [0.25, 0.3) is 16.8 Å². The van der Waals surface area contributed by atoms with Gasteiger partial charge in [-0.05, 0) is 18.2 Å². The Morgan fingerprint density at radius 1 is 1.18 bits per heavy atom. The first kappa shape index (κ1) is 16.7. The maximum Gasteiger partial charge on any atom is 0.238 e. The molecule has 2 aromatic heterocycles. The summed E-state index contributed by atoms with van der Waals surface area (Å²) in [4.78, 5) is 4.50. The van der Waals surface area contributed by atoms with Crippen LogP contribution in [0, 0.1) is 0 Å². The number of methoxy groups -OCH3 is 1. The Labute approximate surface area is 165 Å². The molecule has 0 spiro atoms. The van der Waals surface area contributed by atoms with Crippen molar-refractivity contribution >= 4 is 28.8 Å². The van der Waals surface area contributed by atoms with Crippen molar-refractivity contribution in [1.29, 1.82) is 0 Å². The molecule has 0 saturated heterocycles. The molecule has 28 heavy (non-hydrogen) atoms. The summed E-state index contributed by atoms with van der Waals surface area (Å²) < 4.78 is 6.89. The molecular formula is C20H16ClN5O2. The van der Waals surface area contributed by atoms with Crippen LogP contribution in [-0.2, 0) is 0 Å². The number of fused-ring (bicyclic) bond motifs is 2. The zero-order valence-corrected chi connectivity index (χ0v) is 15.6. The molecule has 1 unspecified atom stereocenters. The van der Waals surface area contributed by atoms with E-state index in [4.69, 9.17) is 22.1 Å². The predicted octanol–water partition coefficient (Wildman–Crippen LogP) is 3.86. The van der Waals surface area contributed by atoms with E-state index < -0.39 is 0 Å². The lowest BCUT2D eigenvalue weighted by Crippen LogP contribution is -2.12. The maximum absolute atomic E-state index is 10.4. The molecule has 2 aromatic carbocycles. The number of aromatic hydroxyl groups is 1. The van der Waals surface area contributed by atoms with Crippen molar-refractivity contribution in [3.8, 4) is 22.8 Å². The summed E-state index contributed by atoms with van der Waals surface area (Å²) in [5.74, 6) is 0.421. The summed E-state index contributed by atoms with van der Waals surface area (Å²) in [6.07, 6.45) is 1.84. The van der Waals surface area contributed by atoms with E-state index >= 15 is 0 Å². The molecule has 1 aliphatic heterocycles. The van der Waals surface area contributed by atoms with Gasteiger partial charge in [-0.25, -0.2) is 9.50 Å². The van der Waals surface area contributed by atoms with E-state index in [1.54, 1.807) is 10.6 Å². The number of nitrogens with zero attached hydrogens (tertiary/aromatic N) is 3. The summed E-state index contributed by atoms with van der Waals surface area (Å²) in [5, 5.41) is 18.5. The molecule has 140 valence electrons. The van der Waals surface area contributed by atoms with Crippen molar-refractivity contribution in [1.82, 2.24) is 14.6 Å². The minimum absolute atomic E-state index is 0.0924. The molecule has 0 bridgehead atoms. The number of phenolic OH excluding ortho intramolecular Hbond substituents is 1. The number of rotatable bonds is 2. The van der Waals surface area contributed by atoms with Gasteiger partial charge in [0.1, 0.15) is 5.69 Å². The van der Waals surface area contributed by atoms with Gasteiger partial charge in [0.25, 0.3) is 0 Å². The number of para-hydroxylation sites is 1. The fourth-order valence-electron chi connectivity index (χ4n) is 3.73. The Balaban J connectivity index is 1.83. The van der Waals surface area contributed by atoms with Crippen molar-refractivity contribution in [3.05, 3.63) is 64.8 Å². The molecule has 3 heterocycles. The highest BCUT2D eigenvalue weighted by atomic mass is 35.5. The van der Waals surface area contributed by atoms with Crippen LogP contribution in [0.15, 0.2) is 48.7 Å². The Bertz CT molecular complexity index is 1240. The molecule has 4 N–H and O–H groups in total. The van der Waals surface area contributed by atoms with Crippen LogP contribution in [0.2, 0.25) is 5.02 Å². The number of benzene rings is 2. The number of halogens is 1. The quantitative estimate of drug-likeness (QED) is 0.478. The second kappa shape index (κ2) is 6.03. The average Bonchev–Trinajstić information content (AvgIpc) is 3.05. The van der Waals surface area contributed by atoms with Crippen molar-refractivity contribution in [3.63, 3.8) is 0 Å². The Morgan fingerprint density at radius 2 is 2.00 bits per heavy atom. The smallest absolute Gasteiger partial charge is 0.238 e. The maximum atomic E-state index is 10.4. The minimum Gasteiger partial charge on any atom is -0.503 e. The van der Waals surface area contributed by atoms with Crippen LogP contribution in [0.4, 0.5) is 11.6 Å². The van der Waals surface area contributed by atoms with Gasteiger partial charge >= 0.3 is 0 Å². The van der Waals surface area contributed by atoms with Gasteiger partial charge in [-0.15, -0.1) is 5.10 Å². The molecule has 0 saturated carbocycles. The van der Waals surface area contributed by atoms with Gasteiger partial charge in [-0.1, -0.05) is 35.9 Å². The lowest BCUT2D eigenvalue weighted by atomic mass is 9.99. The molecule has 1 atom stereocenters. The first-order valence-corrected chi connectivity index (χ1v) is 9.02. The monoisotopic (exact) mass is 393 g/mol. The molecule has 4 aromatic rings. The first-order valence-electron chi connectivity index (χ1n) is 8.64.